The molecule has 0 radical (unpaired) electrons. The second kappa shape index (κ2) is 6.45. The van der Waals surface area contributed by atoms with Crippen LogP contribution in [0.4, 0.5) is 0 Å². The summed E-state index contributed by atoms with van der Waals surface area (Å²) in [4.78, 5) is 0. The molecule has 0 bridgehead atoms. The van der Waals surface area contributed by atoms with Crippen molar-refractivity contribution in [3.63, 3.8) is 0 Å². The third-order valence-corrected chi connectivity index (χ3v) is 4.33. The largest absolute Gasteiger partial charge is 0.314 e. The molecule has 1 fully saturated rings. The molecular weight excluding hydrogens is 206 g/mol. The van der Waals surface area contributed by atoms with Crippen LogP contribution in [0.25, 0.3) is 0 Å². The van der Waals surface area contributed by atoms with Gasteiger partial charge in [-0.15, -0.1) is 12.3 Å². The lowest BCUT2D eigenvalue weighted by Crippen LogP contribution is -2.47. The van der Waals surface area contributed by atoms with E-state index in [1.807, 2.05) is 0 Å². The minimum Gasteiger partial charge on any atom is -0.314 e. The Hall–Kier alpha value is -0.480. The van der Waals surface area contributed by atoms with Gasteiger partial charge in [0.15, 0.2) is 0 Å². The van der Waals surface area contributed by atoms with Gasteiger partial charge < -0.3 is 5.32 Å². The molecular formula is C16H29N. The van der Waals surface area contributed by atoms with Gasteiger partial charge in [0.1, 0.15) is 0 Å². The van der Waals surface area contributed by atoms with Crippen LogP contribution in [-0.4, -0.2) is 12.6 Å². The van der Waals surface area contributed by atoms with Gasteiger partial charge in [-0.2, -0.15) is 0 Å². The topological polar surface area (TPSA) is 12.0 Å². The van der Waals surface area contributed by atoms with E-state index in [4.69, 9.17) is 6.42 Å². The Morgan fingerprint density at radius 3 is 2.65 bits per heavy atom. The quantitative estimate of drug-likeness (QED) is 0.714. The van der Waals surface area contributed by atoms with Crippen LogP contribution in [-0.2, 0) is 0 Å². The van der Waals surface area contributed by atoms with Gasteiger partial charge in [-0.25, -0.2) is 0 Å². The van der Waals surface area contributed by atoms with Crippen molar-refractivity contribution in [2.75, 3.05) is 6.54 Å². The zero-order valence-electron chi connectivity index (χ0n) is 12.1. The Morgan fingerprint density at radius 1 is 1.35 bits per heavy atom. The number of nitrogens with one attached hydrogen (secondary N) is 1. The molecule has 17 heavy (non-hydrogen) atoms. The monoisotopic (exact) mass is 235 g/mol. The summed E-state index contributed by atoms with van der Waals surface area (Å²) < 4.78 is 0. The van der Waals surface area contributed by atoms with E-state index in [1.165, 1.54) is 25.7 Å². The van der Waals surface area contributed by atoms with Gasteiger partial charge in [0.2, 0.25) is 0 Å². The van der Waals surface area contributed by atoms with Crippen LogP contribution in [0.15, 0.2) is 0 Å². The summed E-state index contributed by atoms with van der Waals surface area (Å²) in [7, 11) is 0. The number of hydrogen-bond donors (Lipinski definition) is 1. The molecule has 0 aromatic rings. The van der Waals surface area contributed by atoms with Crippen molar-refractivity contribution < 1.29 is 0 Å². The van der Waals surface area contributed by atoms with E-state index in [-0.39, 0.29) is 5.41 Å². The van der Waals surface area contributed by atoms with Gasteiger partial charge in [0, 0.05) is 12.5 Å². The lowest BCUT2D eigenvalue weighted by atomic mass is 9.65. The van der Waals surface area contributed by atoms with Crippen LogP contribution in [0.5, 0.6) is 0 Å². The SMILES string of the molecule is C#CCC(C)(C)C1CCC(C)CC1NCCC. The molecule has 0 spiro atoms. The summed E-state index contributed by atoms with van der Waals surface area (Å²) in [5, 5.41) is 3.75. The molecule has 3 unspecified atom stereocenters. The number of rotatable bonds is 5. The lowest BCUT2D eigenvalue weighted by molar-refractivity contribution is 0.0979. The maximum Gasteiger partial charge on any atom is 0.0141 e. The Labute approximate surface area is 108 Å². The van der Waals surface area contributed by atoms with E-state index < -0.39 is 0 Å². The zero-order valence-corrected chi connectivity index (χ0v) is 12.1. The molecule has 0 heterocycles. The molecule has 0 aromatic carbocycles. The van der Waals surface area contributed by atoms with E-state index in [0.717, 1.165) is 24.8 Å². The molecule has 0 amide bonds. The highest BCUT2D eigenvalue weighted by Crippen LogP contribution is 2.42. The van der Waals surface area contributed by atoms with Crippen LogP contribution in [0.2, 0.25) is 0 Å². The van der Waals surface area contributed by atoms with E-state index in [9.17, 15) is 0 Å². The van der Waals surface area contributed by atoms with Gasteiger partial charge in [-0.1, -0.05) is 34.1 Å². The summed E-state index contributed by atoms with van der Waals surface area (Å²) >= 11 is 0. The third-order valence-electron chi connectivity index (χ3n) is 4.33. The summed E-state index contributed by atoms with van der Waals surface area (Å²) in [6.45, 7) is 10.4. The lowest BCUT2D eigenvalue weighted by Gasteiger charge is -2.44. The molecule has 1 N–H and O–H groups in total. The van der Waals surface area contributed by atoms with Crippen molar-refractivity contribution in [3.8, 4) is 12.3 Å². The van der Waals surface area contributed by atoms with E-state index in [0.29, 0.717) is 6.04 Å². The summed E-state index contributed by atoms with van der Waals surface area (Å²) in [5.41, 5.74) is 0.278. The van der Waals surface area contributed by atoms with E-state index in [1.54, 1.807) is 0 Å². The van der Waals surface area contributed by atoms with Gasteiger partial charge in [0.25, 0.3) is 0 Å². The predicted molar refractivity (Wildman–Crippen MR) is 75.8 cm³/mol. The first-order valence-electron chi connectivity index (χ1n) is 7.18. The summed E-state index contributed by atoms with van der Waals surface area (Å²) in [6.07, 6.45) is 11.7. The van der Waals surface area contributed by atoms with Crippen molar-refractivity contribution in [3.05, 3.63) is 0 Å². The fourth-order valence-corrected chi connectivity index (χ4v) is 3.27. The minimum atomic E-state index is 0.278. The first-order valence-corrected chi connectivity index (χ1v) is 7.18. The van der Waals surface area contributed by atoms with Gasteiger partial charge in [-0.3, -0.25) is 0 Å². The van der Waals surface area contributed by atoms with Crippen molar-refractivity contribution in [1.82, 2.24) is 5.32 Å². The first-order chi connectivity index (χ1) is 8.01. The fourth-order valence-electron chi connectivity index (χ4n) is 3.27. The molecule has 1 saturated carbocycles. The minimum absolute atomic E-state index is 0.278. The van der Waals surface area contributed by atoms with Crippen LogP contribution >= 0.6 is 0 Å². The van der Waals surface area contributed by atoms with Crippen LogP contribution in [0.3, 0.4) is 0 Å². The summed E-state index contributed by atoms with van der Waals surface area (Å²) in [5.74, 6) is 4.47. The molecule has 3 atom stereocenters. The van der Waals surface area contributed by atoms with Gasteiger partial charge in [0.05, 0.1) is 0 Å². The fraction of sp³-hybridized carbons (Fsp3) is 0.875. The Morgan fingerprint density at radius 2 is 2.06 bits per heavy atom. The van der Waals surface area contributed by atoms with Gasteiger partial charge in [-0.05, 0) is 43.1 Å². The molecule has 0 saturated heterocycles. The molecule has 1 nitrogen and oxygen atoms in total. The Bertz CT molecular complexity index is 261. The molecule has 1 heteroatoms. The van der Waals surface area contributed by atoms with Crippen LogP contribution < -0.4 is 5.32 Å². The highest BCUT2D eigenvalue weighted by molar-refractivity contribution is 4.98. The average molecular weight is 235 g/mol. The third kappa shape index (κ3) is 4.03. The molecule has 0 aliphatic heterocycles. The van der Waals surface area contributed by atoms with Gasteiger partial charge >= 0.3 is 0 Å². The average Bonchev–Trinajstić information content (AvgIpc) is 2.26. The molecule has 1 aliphatic rings. The van der Waals surface area contributed by atoms with Crippen molar-refractivity contribution >= 4 is 0 Å². The highest BCUT2D eigenvalue weighted by atomic mass is 14.9. The molecule has 1 aliphatic carbocycles. The Balaban J connectivity index is 2.69. The number of hydrogen-bond acceptors (Lipinski definition) is 1. The molecule has 98 valence electrons. The maximum atomic E-state index is 5.52. The van der Waals surface area contributed by atoms with E-state index >= 15 is 0 Å². The van der Waals surface area contributed by atoms with Crippen LogP contribution in [0, 0.1) is 29.6 Å². The second-order valence-electron chi connectivity index (χ2n) is 6.45. The zero-order chi connectivity index (χ0) is 12.9. The highest BCUT2D eigenvalue weighted by Gasteiger charge is 2.37. The smallest absolute Gasteiger partial charge is 0.0141 e. The van der Waals surface area contributed by atoms with E-state index in [2.05, 4.69) is 38.9 Å². The molecule has 1 rings (SSSR count). The Kier molecular flexibility index (Phi) is 5.53. The summed E-state index contributed by atoms with van der Waals surface area (Å²) in [6, 6.07) is 0.669. The van der Waals surface area contributed by atoms with Crippen molar-refractivity contribution in [2.24, 2.45) is 17.3 Å². The first kappa shape index (κ1) is 14.6. The molecule has 0 aromatic heterocycles. The maximum absolute atomic E-state index is 5.52. The standard InChI is InChI=1S/C16H29N/c1-6-10-16(4,5)14-9-8-13(3)12-15(14)17-11-7-2/h1,13-15,17H,7-12H2,2-5H3. The van der Waals surface area contributed by atoms with Crippen LogP contribution in [0.1, 0.15) is 59.8 Å². The second-order valence-corrected chi connectivity index (χ2v) is 6.45. The van der Waals surface area contributed by atoms with Crippen molar-refractivity contribution in [1.29, 1.82) is 0 Å². The number of terminal acetylenes is 1. The van der Waals surface area contributed by atoms with Crippen molar-refractivity contribution in [2.45, 2.75) is 65.8 Å². The predicted octanol–water partition coefficient (Wildman–Crippen LogP) is 3.84. The normalized spacial score (nSPS) is 29.9.